The molecule has 0 saturated carbocycles. The standard InChI is InChI=1S/C18H17NO2/c1-20-18-8-5-13(11-19)9-16(18)12-21-17-7-6-14-3-2-4-15(14)10-17/h5-10H,2-4,12H2,1H3. The molecule has 0 aliphatic heterocycles. The molecule has 0 spiro atoms. The highest BCUT2D eigenvalue weighted by molar-refractivity contribution is 5.42. The van der Waals surface area contributed by atoms with Gasteiger partial charge in [-0.1, -0.05) is 6.07 Å². The molecule has 106 valence electrons. The summed E-state index contributed by atoms with van der Waals surface area (Å²) in [5.74, 6) is 1.62. The first kappa shape index (κ1) is 13.5. The Labute approximate surface area is 124 Å². The fourth-order valence-corrected chi connectivity index (χ4v) is 2.76. The minimum absolute atomic E-state index is 0.400. The largest absolute Gasteiger partial charge is 0.496 e. The van der Waals surface area contributed by atoms with Gasteiger partial charge in [-0.3, -0.25) is 0 Å². The van der Waals surface area contributed by atoms with Crippen molar-refractivity contribution in [1.29, 1.82) is 5.26 Å². The molecule has 0 N–H and O–H groups in total. The lowest BCUT2D eigenvalue weighted by Gasteiger charge is -2.11. The van der Waals surface area contributed by atoms with Crippen molar-refractivity contribution in [2.75, 3.05) is 7.11 Å². The summed E-state index contributed by atoms with van der Waals surface area (Å²) in [5.41, 5.74) is 4.33. The molecule has 0 aromatic heterocycles. The molecule has 3 nitrogen and oxygen atoms in total. The van der Waals surface area contributed by atoms with Crippen molar-refractivity contribution in [2.45, 2.75) is 25.9 Å². The lowest BCUT2D eigenvalue weighted by molar-refractivity contribution is 0.296. The van der Waals surface area contributed by atoms with Crippen LogP contribution in [0.25, 0.3) is 0 Å². The van der Waals surface area contributed by atoms with Crippen LogP contribution in [-0.4, -0.2) is 7.11 Å². The van der Waals surface area contributed by atoms with Crippen LogP contribution in [0, 0.1) is 11.3 Å². The maximum Gasteiger partial charge on any atom is 0.125 e. The molecule has 1 aliphatic rings. The average Bonchev–Trinajstić information content (AvgIpc) is 3.00. The molecular formula is C18H17NO2. The van der Waals surface area contributed by atoms with Crippen LogP contribution in [0.3, 0.4) is 0 Å². The highest BCUT2D eigenvalue weighted by atomic mass is 16.5. The summed E-state index contributed by atoms with van der Waals surface area (Å²) in [6.45, 7) is 0.400. The number of fused-ring (bicyclic) bond motifs is 1. The second-order valence-electron chi connectivity index (χ2n) is 5.21. The normalized spacial score (nSPS) is 12.6. The van der Waals surface area contributed by atoms with E-state index in [1.807, 2.05) is 12.1 Å². The van der Waals surface area contributed by atoms with Gasteiger partial charge in [0.15, 0.2) is 0 Å². The van der Waals surface area contributed by atoms with E-state index in [0.29, 0.717) is 12.2 Å². The lowest BCUT2D eigenvalue weighted by atomic mass is 10.1. The van der Waals surface area contributed by atoms with Gasteiger partial charge in [0.2, 0.25) is 0 Å². The van der Waals surface area contributed by atoms with Crippen LogP contribution in [0.2, 0.25) is 0 Å². The number of hydrogen-bond acceptors (Lipinski definition) is 3. The van der Waals surface area contributed by atoms with Gasteiger partial charge in [-0.05, 0) is 60.7 Å². The van der Waals surface area contributed by atoms with Crippen LogP contribution in [0.5, 0.6) is 11.5 Å². The van der Waals surface area contributed by atoms with Crippen LogP contribution in [0.1, 0.15) is 28.7 Å². The van der Waals surface area contributed by atoms with Gasteiger partial charge in [0, 0.05) is 5.56 Å². The molecule has 3 rings (SSSR count). The van der Waals surface area contributed by atoms with Crippen LogP contribution in [0.15, 0.2) is 36.4 Å². The highest BCUT2D eigenvalue weighted by Gasteiger charge is 2.12. The molecule has 21 heavy (non-hydrogen) atoms. The number of nitriles is 1. The molecule has 0 unspecified atom stereocenters. The molecular weight excluding hydrogens is 262 g/mol. The molecule has 0 fully saturated rings. The summed E-state index contributed by atoms with van der Waals surface area (Å²) < 4.78 is 11.2. The zero-order chi connectivity index (χ0) is 14.7. The van der Waals surface area contributed by atoms with E-state index in [1.54, 1.807) is 19.2 Å². The molecule has 0 radical (unpaired) electrons. The molecule has 0 atom stereocenters. The van der Waals surface area contributed by atoms with Gasteiger partial charge < -0.3 is 9.47 Å². The van der Waals surface area contributed by atoms with E-state index < -0.39 is 0 Å². The Balaban J connectivity index is 1.77. The molecule has 0 heterocycles. The van der Waals surface area contributed by atoms with E-state index >= 15 is 0 Å². The topological polar surface area (TPSA) is 42.2 Å². The summed E-state index contributed by atoms with van der Waals surface area (Å²) in [4.78, 5) is 0. The molecule has 0 bridgehead atoms. The van der Waals surface area contributed by atoms with E-state index in [9.17, 15) is 0 Å². The summed E-state index contributed by atoms with van der Waals surface area (Å²) >= 11 is 0. The Hall–Kier alpha value is -2.47. The molecule has 0 amide bonds. The predicted molar refractivity (Wildman–Crippen MR) is 80.5 cm³/mol. The van der Waals surface area contributed by atoms with Crippen LogP contribution < -0.4 is 9.47 Å². The fraction of sp³-hybridized carbons (Fsp3) is 0.278. The van der Waals surface area contributed by atoms with E-state index in [2.05, 4.69) is 18.2 Å². The number of ether oxygens (including phenoxy) is 2. The van der Waals surface area contributed by atoms with Gasteiger partial charge in [-0.15, -0.1) is 0 Å². The fourth-order valence-electron chi connectivity index (χ4n) is 2.76. The number of benzene rings is 2. The van der Waals surface area contributed by atoms with Gasteiger partial charge in [0.05, 0.1) is 18.7 Å². The SMILES string of the molecule is COc1ccc(C#N)cc1COc1ccc2c(c1)CCC2. The third kappa shape index (κ3) is 2.85. The van der Waals surface area contributed by atoms with Crippen molar-refractivity contribution >= 4 is 0 Å². The Morgan fingerprint density at radius 2 is 1.95 bits per heavy atom. The van der Waals surface area contributed by atoms with Crippen molar-refractivity contribution in [3.63, 3.8) is 0 Å². The van der Waals surface area contributed by atoms with Crippen LogP contribution in [0.4, 0.5) is 0 Å². The average molecular weight is 279 g/mol. The third-order valence-corrected chi connectivity index (χ3v) is 3.87. The maximum absolute atomic E-state index is 8.99. The predicted octanol–water partition coefficient (Wildman–Crippen LogP) is 3.63. The van der Waals surface area contributed by atoms with Crippen molar-refractivity contribution in [3.05, 3.63) is 58.7 Å². The number of methoxy groups -OCH3 is 1. The first-order valence-electron chi connectivity index (χ1n) is 7.12. The van der Waals surface area contributed by atoms with Gasteiger partial charge in [0.25, 0.3) is 0 Å². The van der Waals surface area contributed by atoms with E-state index in [-0.39, 0.29) is 0 Å². The van der Waals surface area contributed by atoms with Gasteiger partial charge in [-0.2, -0.15) is 5.26 Å². The Morgan fingerprint density at radius 3 is 2.76 bits per heavy atom. The number of nitrogens with zero attached hydrogens (tertiary/aromatic N) is 1. The minimum Gasteiger partial charge on any atom is -0.496 e. The van der Waals surface area contributed by atoms with Crippen LogP contribution >= 0.6 is 0 Å². The molecule has 3 heteroatoms. The third-order valence-electron chi connectivity index (χ3n) is 3.87. The summed E-state index contributed by atoms with van der Waals surface area (Å²) in [6.07, 6.45) is 3.55. The van der Waals surface area contributed by atoms with Crippen LogP contribution in [-0.2, 0) is 19.4 Å². The van der Waals surface area contributed by atoms with Crippen molar-refractivity contribution < 1.29 is 9.47 Å². The zero-order valence-electron chi connectivity index (χ0n) is 12.1. The molecule has 1 aliphatic carbocycles. The Bertz CT molecular complexity index is 701. The molecule has 2 aromatic carbocycles. The monoisotopic (exact) mass is 279 g/mol. The van der Waals surface area contributed by atoms with E-state index in [0.717, 1.165) is 23.5 Å². The first-order chi connectivity index (χ1) is 10.3. The molecule has 0 saturated heterocycles. The second kappa shape index (κ2) is 5.88. The number of hydrogen-bond donors (Lipinski definition) is 0. The summed E-state index contributed by atoms with van der Waals surface area (Å²) in [7, 11) is 1.63. The highest BCUT2D eigenvalue weighted by Crippen LogP contribution is 2.27. The van der Waals surface area contributed by atoms with Gasteiger partial charge in [0.1, 0.15) is 18.1 Å². The Morgan fingerprint density at radius 1 is 1.10 bits per heavy atom. The second-order valence-corrected chi connectivity index (χ2v) is 5.21. The van der Waals surface area contributed by atoms with Gasteiger partial charge in [-0.25, -0.2) is 0 Å². The van der Waals surface area contributed by atoms with E-state index in [4.69, 9.17) is 14.7 Å². The van der Waals surface area contributed by atoms with E-state index in [1.165, 1.54) is 24.0 Å². The minimum atomic E-state index is 0.400. The zero-order valence-corrected chi connectivity index (χ0v) is 12.1. The van der Waals surface area contributed by atoms with Crippen molar-refractivity contribution in [1.82, 2.24) is 0 Å². The van der Waals surface area contributed by atoms with Crippen molar-refractivity contribution in [2.24, 2.45) is 0 Å². The summed E-state index contributed by atoms with van der Waals surface area (Å²) in [5, 5.41) is 8.99. The number of rotatable bonds is 4. The Kier molecular flexibility index (Phi) is 3.79. The maximum atomic E-state index is 8.99. The summed E-state index contributed by atoms with van der Waals surface area (Å²) in [6, 6.07) is 13.8. The number of aryl methyl sites for hydroxylation is 2. The quantitative estimate of drug-likeness (QED) is 0.858. The first-order valence-corrected chi connectivity index (χ1v) is 7.12. The lowest BCUT2D eigenvalue weighted by Crippen LogP contribution is -2.00. The molecule has 2 aromatic rings. The van der Waals surface area contributed by atoms with Gasteiger partial charge >= 0.3 is 0 Å². The smallest absolute Gasteiger partial charge is 0.125 e. The van der Waals surface area contributed by atoms with Crippen molar-refractivity contribution in [3.8, 4) is 17.6 Å².